The first-order valence-electron chi connectivity index (χ1n) is 42.2. The van der Waals surface area contributed by atoms with Crippen LogP contribution >= 0.6 is 0 Å². The Balaban J connectivity index is 0.000000782. The predicted octanol–water partition coefficient (Wildman–Crippen LogP) is 23.2. The van der Waals surface area contributed by atoms with Crippen molar-refractivity contribution in [3.05, 3.63) is 83.2 Å². The number of hydrogen-bond donors (Lipinski definition) is 14. The molecular weight excluding hydrogens is 1810 g/mol. The molecule has 7 atom stereocenters. The highest BCUT2D eigenvalue weighted by Gasteiger charge is 2.44. The minimum Gasteiger partial charge on any atom is -0.382 e. The van der Waals surface area contributed by atoms with Gasteiger partial charge in [0.25, 0.3) is 0 Å². The van der Waals surface area contributed by atoms with Gasteiger partial charge in [-0.1, -0.05) is 201 Å². The van der Waals surface area contributed by atoms with Crippen LogP contribution in [0.4, 0.5) is 174 Å². The average Bonchev–Trinajstić information content (AvgIpc) is 0.826. The smallest absolute Gasteiger partial charge is 0.382 e. The predicted molar refractivity (Wildman–Crippen MR) is 485 cm³/mol. The van der Waals surface area contributed by atoms with Crippen LogP contribution in [0.25, 0.3) is 0 Å². The van der Waals surface area contributed by atoms with Crippen molar-refractivity contribution in [1.82, 2.24) is 69.8 Å². The number of nitrogen functional groups attached to an aromatic ring is 7. The highest BCUT2D eigenvalue weighted by Crippen LogP contribution is 2.41. The third-order valence-electron chi connectivity index (χ3n) is 20.1. The van der Waals surface area contributed by atoms with Crippen LogP contribution in [0.5, 0.6) is 0 Å². The zero-order valence-electron chi connectivity index (χ0n) is 81.5. The van der Waals surface area contributed by atoms with Gasteiger partial charge in [0, 0.05) is 42.3 Å². The first-order valence-corrected chi connectivity index (χ1v) is 42.2. The summed E-state index contributed by atoms with van der Waals surface area (Å²) in [5.74, 6) is -1.70. The standard InChI is InChI=1S/3C13H21F3N4.2C12H19F3N4.2C11H17F3N4/c3*1-7(2)9(12(3,4)5)19-8-6-18-10(11(17)20-8)13(14,15)16;2*1-5-7(11(2,3)4)18-8-6-17-9(10(16)19-8)12(13,14)15;2*1-6(10(2,3)4)17-7-5-16-8(9(15)18-7)11(12,13)14/h3*6-7,9H,1-5H3,(H3,17,19,20);2*6-7H,5H2,1-4H3,(H3,16,18,19);2*5-6H,1-4H3,(H3,15,17,18)/t2*9-;;2*7-;2*6-/m10.1010/s1. The molecule has 7 rings (SSSR count). The van der Waals surface area contributed by atoms with Crippen molar-refractivity contribution in [2.45, 2.75) is 313 Å². The fourth-order valence-corrected chi connectivity index (χ4v) is 12.6. The van der Waals surface area contributed by atoms with Gasteiger partial charge in [-0.25, -0.2) is 69.8 Å². The molecule has 0 amide bonds. The van der Waals surface area contributed by atoms with Crippen LogP contribution < -0.4 is 77.4 Å². The van der Waals surface area contributed by atoms with Crippen LogP contribution in [0.15, 0.2) is 43.4 Å². The number of nitrogens with zero attached hydrogens (tertiary/aromatic N) is 14. The molecule has 0 aliphatic rings. The van der Waals surface area contributed by atoms with E-state index in [1.54, 1.807) is 0 Å². The van der Waals surface area contributed by atoms with Crippen molar-refractivity contribution in [3.63, 3.8) is 0 Å². The summed E-state index contributed by atoms with van der Waals surface area (Å²) in [5.41, 5.74) is 28.6. The molecule has 49 heteroatoms. The van der Waals surface area contributed by atoms with Crippen LogP contribution in [0, 0.1) is 55.7 Å². The monoisotopic (exact) mass is 1950 g/mol. The van der Waals surface area contributed by atoms with Gasteiger partial charge < -0.3 is 77.4 Å². The highest BCUT2D eigenvalue weighted by atomic mass is 19.4. The summed E-state index contributed by atoms with van der Waals surface area (Å²) in [6.45, 7) is 62.7. The number of nitrogens with one attached hydrogen (secondary N) is 7. The molecule has 762 valence electrons. The maximum absolute atomic E-state index is 12.6. The molecule has 0 bridgehead atoms. The fraction of sp³-hybridized carbons (Fsp3) is 0.671. The van der Waals surface area contributed by atoms with Crippen LogP contribution in [0.3, 0.4) is 0 Å². The molecule has 0 aliphatic heterocycles. The second-order valence-electron chi connectivity index (χ2n) is 40.0. The summed E-state index contributed by atoms with van der Waals surface area (Å²) < 4.78 is 263. The van der Waals surface area contributed by atoms with Gasteiger partial charge in [-0.05, 0) is 82.3 Å². The van der Waals surface area contributed by atoms with Gasteiger partial charge in [0.15, 0.2) is 80.6 Å². The molecule has 7 heterocycles. The third kappa shape index (κ3) is 40.5. The van der Waals surface area contributed by atoms with Crippen molar-refractivity contribution in [2.24, 2.45) is 55.7 Å². The number of halogens is 21. The molecule has 0 aliphatic carbocycles. The summed E-state index contributed by atoms with van der Waals surface area (Å²) in [6, 6.07) is 0.274. The topological polar surface area (TPSA) is 447 Å². The van der Waals surface area contributed by atoms with Crippen molar-refractivity contribution in [3.8, 4) is 0 Å². The fourth-order valence-electron chi connectivity index (χ4n) is 12.6. The van der Waals surface area contributed by atoms with E-state index in [4.69, 9.17) is 40.1 Å². The first-order chi connectivity index (χ1) is 59.9. The molecule has 7 aromatic heterocycles. The maximum atomic E-state index is 12.6. The van der Waals surface area contributed by atoms with E-state index >= 15 is 0 Å². The van der Waals surface area contributed by atoms with Crippen molar-refractivity contribution in [2.75, 3.05) is 77.4 Å². The average molecular weight is 1950 g/mol. The van der Waals surface area contributed by atoms with Crippen LogP contribution in [0.1, 0.15) is 267 Å². The molecule has 21 N–H and O–H groups in total. The van der Waals surface area contributed by atoms with Crippen LogP contribution in [0.2, 0.25) is 0 Å². The second kappa shape index (κ2) is 46.7. The van der Waals surface area contributed by atoms with E-state index in [-0.39, 0.29) is 139 Å². The Hall–Kier alpha value is -10.7. The number of rotatable bonds is 19. The molecule has 0 spiro atoms. The zero-order chi connectivity index (χ0) is 105. The summed E-state index contributed by atoms with van der Waals surface area (Å²) in [6.07, 6.45) is -23.0. The second-order valence-corrected chi connectivity index (χ2v) is 40.0. The number of hydrogen-bond acceptors (Lipinski definition) is 28. The summed E-state index contributed by atoms with van der Waals surface area (Å²) >= 11 is 0. The van der Waals surface area contributed by atoms with Gasteiger partial charge in [0.05, 0.1) is 43.4 Å². The third-order valence-corrected chi connectivity index (χ3v) is 20.1. The zero-order valence-corrected chi connectivity index (χ0v) is 81.5. The van der Waals surface area contributed by atoms with E-state index in [0.717, 1.165) is 56.2 Å². The number of aromatic nitrogens is 14. The normalized spacial score (nSPS) is 14.4. The van der Waals surface area contributed by atoms with Crippen molar-refractivity contribution in [1.29, 1.82) is 0 Å². The highest BCUT2D eigenvalue weighted by molar-refractivity contribution is 5.51. The van der Waals surface area contributed by atoms with Gasteiger partial charge >= 0.3 is 43.2 Å². The van der Waals surface area contributed by atoms with Crippen molar-refractivity contribution >= 4 is 81.5 Å². The number of nitrogens with two attached hydrogens (primary N) is 7. The molecule has 0 saturated heterocycles. The maximum Gasteiger partial charge on any atom is 0.437 e. The van der Waals surface area contributed by atoms with E-state index in [1.807, 2.05) is 215 Å². The Morgan fingerprint density at radius 3 is 0.448 bits per heavy atom. The summed E-state index contributed by atoms with van der Waals surface area (Å²) in [7, 11) is 0. The molecule has 0 aromatic carbocycles. The Bertz CT molecular complexity index is 4400. The Kier molecular flexibility index (Phi) is 42.3. The molecule has 7 aromatic rings. The van der Waals surface area contributed by atoms with E-state index in [2.05, 4.69) is 107 Å². The van der Waals surface area contributed by atoms with E-state index in [1.165, 1.54) is 0 Å². The number of anilines is 14. The van der Waals surface area contributed by atoms with Crippen LogP contribution in [-0.2, 0) is 43.2 Å². The largest absolute Gasteiger partial charge is 0.437 e. The van der Waals surface area contributed by atoms with E-state index in [0.29, 0.717) is 0 Å². The van der Waals surface area contributed by atoms with Gasteiger partial charge in [-0.2, -0.15) is 92.2 Å². The molecule has 28 nitrogen and oxygen atoms in total. The minimum atomic E-state index is -4.59. The molecule has 1 unspecified atom stereocenters. The summed E-state index contributed by atoms with van der Waals surface area (Å²) in [5, 5.41) is 21.4. The molecule has 0 fully saturated rings. The molecule has 0 saturated carbocycles. The lowest BCUT2D eigenvalue weighted by Crippen LogP contribution is -2.38. The SMILES string of the molecule is CC(C)C(Nc1cnc(C(F)(F)F)c(N)n1)C(C)(C)C.CC(C)[C@@H](Nc1cnc(C(F)(F)F)c(N)n1)C(C)(C)C.CC(C)[C@H](Nc1cnc(C(F)(F)F)c(N)n1)C(C)(C)C.CC[C@@H](Nc1cnc(C(F)(F)F)c(N)n1)C(C)(C)C.CC[C@H](Nc1cnc(C(F)(F)F)c(N)n1)C(C)(C)C.C[C@@H](Nc1cnc(C(F)(F)F)c(N)n1)C(C)(C)C.C[C@H](Nc1cnc(C(F)(F)F)c(N)n1)C(C)(C)C. The summed E-state index contributed by atoms with van der Waals surface area (Å²) in [4.78, 5) is 49.5. The van der Waals surface area contributed by atoms with Crippen LogP contribution in [-0.4, -0.2) is 112 Å². The van der Waals surface area contributed by atoms with E-state index < -0.39 is 124 Å². The number of alkyl halides is 21. The Morgan fingerprint density at radius 2 is 0.351 bits per heavy atom. The molecular formula is C85H135F21N28. The van der Waals surface area contributed by atoms with Gasteiger partial charge in [0.2, 0.25) is 0 Å². The van der Waals surface area contributed by atoms with Crippen molar-refractivity contribution < 1.29 is 92.2 Å². The van der Waals surface area contributed by atoms with Gasteiger partial charge in [-0.3, -0.25) is 0 Å². The lowest BCUT2D eigenvalue weighted by Gasteiger charge is -2.35. The van der Waals surface area contributed by atoms with Gasteiger partial charge in [0.1, 0.15) is 40.7 Å². The van der Waals surface area contributed by atoms with E-state index in [9.17, 15) is 92.2 Å². The molecule has 134 heavy (non-hydrogen) atoms. The Morgan fingerprint density at radius 1 is 0.216 bits per heavy atom. The minimum absolute atomic E-state index is 0.0166. The lowest BCUT2D eigenvalue weighted by molar-refractivity contribution is -0.141. The van der Waals surface area contributed by atoms with Gasteiger partial charge in [-0.15, -0.1) is 0 Å². The first kappa shape index (κ1) is 121. The quantitative estimate of drug-likeness (QED) is 0.0334. The molecule has 0 radical (unpaired) electrons. The lowest BCUT2D eigenvalue weighted by atomic mass is 9.80. The Labute approximate surface area is 769 Å².